The Labute approximate surface area is 293 Å². The number of para-hydroxylation sites is 1. The van der Waals surface area contributed by atoms with Gasteiger partial charge in [0.2, 0.25) is 5.91 Å². The van der Waals surface area contributed by atoms with Gasteiger partial charge in [0.15, 0.2) is 5.78 Å². The van der Waals surface area contributed by atoms with Gasteiger partial charge in [-0.2, -0.15) is 0 Å². The number of carbonyl (C=O) groups is 4. The average Bonchev–Trinajstić information content (AvgIpc) is 3.12. The van der Waals surface area contributed by atoms with Crippen molar-refractivity contribution in [2.45, 2.75) is 123 Å². The molecule has 0 aromatic heterocycles. The lowest BCUT2D eigenvalue weighted by molar-refractivity contribution is -0.135. The molecule has 10 nitrogen and oxygen atoms in total. The van der Waals surface area contributed by atoms with Crippen LogP contribution in [0.5, 0.6) is 0 Å². The highest BCUT2D eigenvalue weighted by molar-refractivity contribution is 5.96. The van der Waals surface area contributed by atoms with Crippen molar-refractivity contribution in [1.29, 1.82) is 0 Å². The monoisotopic (exact) mass is 674 g/mol. The molecule has 3 aliphatic rings. The number of hydrogen-bond acceptors (Lipinski definition) is 5. The van der Waals surface area contributed by atoms with Gasteiger partial charge in [0.25, 0.3) is 0 Å². The predicted octanol–water partition coefficient (Wildman–Crippen LogP) is 7.20. The molecule has 0 saturated carbocycles. The summed E-state index contributed by atoms with van der Waals surface area (Å²) >= 11 is 0. The molecule has 3 heterocycles. The molecule has 2 aromatic rings. The van der Waals surface area contributed by atoms with Crippen LogP contribution in [0, 0.1) is 0 Å². The molecular weight excluding hydrogens is 616 g/mol. The third-order valence-corrected chi connectivity index (χ3v) is 10.1. The van der Waals surface area contributed by atoms with E-state index in [1.54, 1.807) is 17.0 Å². The molecular formula is C39H58N6O4. The Balaban J connectivity index is 0.000000350. The van der Waals surface area contributed by atoms with E-state index >= 15 is 0 Å². The molecule has 268 valence electrons. The summed E-state index contributed by atoms with van der Waals surface area (Å²) in [5, 5.41) is 8.29. The molecule has 0 radical (unpaired) electrons. The zero-order chi connectivity index (χ0) is 35.2. The second kappa shape index (κ2) is 19.3. The van der Waals surface area contributed by atoms with Gasteiger partial charge in [-0.05, 0) is 94.3 Å². The molecule has 1 atom stereocenters. The lowest BCUT2D eigenvalue weighted by Gasteiger charge is -2.40. The van der Waals surface area contributed by atoms with Gasteiger partial charge in [-0.15, -0.1) is 0 Å². The minimum absolute atomic E-state index is 0.0361. The van der Waals surface area contributed by atoms with Crippen LogP contribution < -0.4 is 16.0 Å². The number of piperidine rings is 2. The van der Waals surface area contributed by atoms with Crippen molar-refractivity contribution in [2.24, 2.45) is 0 Å². The molecule has 10 heteroatoms. The normalized spacial score (nSPS) is 17.4. The van der Waals surface area contributed by atoms with E-state index in [0.717, 1.165) is 29.3 Å². The van der Waals surface area contributed by atoms with E-state index in [1.807, 2.05) is 41.3 Å². The highest BCUT2D eigenvalue weighted by Crippen LogP contribution is 2.28. The minimum Gasteiger partial charge on any atom is -0.342 e. The zero-order valence-corrected chi connectivity index (χ0v) is 30.1. The van der Waals surface area contributed by atoms with E-state index in [-0.39, 0.29) is 30.2 Å². The fourth-order valence-electron chi connectivity index (χ4n) is 7.15. The molecule has 5 amide bonds. The number of nitrogens with zero attached hydrogens (tertiary/aromatic N) is 3. The highest BCUT2D eigenvalue weighted by atomic mass is 16.2. The van der Waals surface area contributed by atoms with Crippen LogP contribution in [0.25, 0.3) is 0 Å². The SMILES string of the molecule is CCCC(CCC)N1CCCCC1.CCc1ccc(NC(=O)NC(CC(=O)N2CCC(N3Cc4ccccc4NC3=O)CC2)C(C)=O)cc1. The number of rotatable bonds is 12. The first-order valence-corrected chi connectivity index (χ1v) is 18.6. The van der Waals surface area contributed by atoms with Crippen molar-refractivity contribution in [3.8, 4) is 0 Å². The largest absolute Gasteiger partial charge is 0.342 e. The van der Waals surface area contributed by atoms with Gasteiger partial charge in [-0.1, -0.05) is 70.4 Å². The molecule has 5 rings (SSSR count). The number of benzene rings is 2. The van der Waals surface area contributed by atoms with E-state index in [0.29, 0.717) is 38.2 Å². The zero-order valence-electron chi connectivity index (χ0n) is 30.1. The number of Topliss-reactive ketones (excluding diaryl/α,β-unsaturated/α-hetero) is 1. The number of fused-ring (bicyclic) bond motifs is 1. The van der Waals surface area contributed by atoms with E-state index in [2.05, 4.69) is 41.6 Å². The molecule has 2 aromatic carbocycles. The minimum atomic E-state index is -0.908. The fourth-order valence-corrected chi connectivity index (χ4v) is 7.15. The standard InChI is InChI=1S/C27H33N5O4.C12H25N/c1-3-19-8-10-21(11-9-19)28-26(35)29-24(18(2)33)16-25(34)31-14-12-22(13-15-31)32-17-20-6-4-5-7-23(20)30-27(32)36;1-3-8-12(9-4-2)13-10-6-5-7-11-13/h4-11,22,24H,3,12-17H2,1-2H3,(H,30,36)(H2,28,29,35);12H,3-11H2,1-2H3. The van der Waals surface area contributed by atoms with Crippen LogP contribution in [0.15, 0.2) is 48.5 Å². The van der Waals surface area contributed by atoms with E-state index < -0.39 is 12.1 Å². The molecule has 3 aliphatic heterocycles. The molecule has 2 fully saturated rings. The maximum absolute atomic E-state index is 12.9. The first-order valence-electron chi connectivity index (χ1n) is 18.6. The number of hydrogen-bond donors (Lipinski definition) is 3. The van der Waals surface area contributed by atoms with Gasteiger partial charge in [0.1, 0.15) is 0 Å². The third kappa shape index (κ3) is 11.3. The molecule has 0 bridgehead atoms. The van der Waals surface area contributed by atoms with Crippen LogP contribution in [0.3, 0.4) is 0 Å². The van der Waals surface area contributed by atoms with E-state index in [4.69, 9.17) is 0 Å². The number of likely N-dealkylation sites (tertiary alicyclic amines) is 2. The highest BCUT2D eigenvalue weighted by Gasteiger charge is 2.33. The summed E-state index contributed by atoms with van der Waals surface area (Å²) in [6, 6.07) is 14.6. The van der Waals surface area contributed by atoms with Gasteiger partial charge in [0.05, 0.1) is 12.5 Å². The van der Waals surface area contributed by atoms with Crippen molar-refractivity contribution >= 4 is 35.1 Å². The molecule has 0 spiro atoms. The Bertz CT molecular complexity index is 1360. The first-order chi connectivity index (χ1) is 23.7. The Morgan fingerprint density at radius 2 is 1.53 bits per heavy atom. The van der Waals surface area contributed by atoms with Crippen LogP contribution in [-0.4, -0.2) is 82.8 Å². The topological polar surface area (TPSA) is 114 Å². The second-order valence-corrected chi connectivity index (χ2v) is 13.7. The van der Waals surface area contributed by atoms with Crippen molar-refractivity contribution in [1.82, 2.24) is 20.0 Å². The molecule has 49 heavy (non-hydrogen) atoms. The summed E-state index contributed by atoms with van der Waals surface area (Å²) in [5.74, 6) is -0.465. The number of amides is 5. The fraction of sp³-hybridized carbons (Fsp3) is 0.590. The van der Waals surface area contributed by atoms with Crippen molar-refractivity contribution < 1.29 is 19.2 Å². The van der Waals surface area contributed by atoms with Crippen molar-refractivity contribution in [3.63, 3.8) is 0 Å². The molecule has 2 saturated heterocycles. The average molecular weight is 675 g/mol. The number of urea groups is 2. The quantitative estimate of drug-likeness (QED) is 0.220. The molecule has 0 aliphatic carbocycles. The Hall–Kier alpha value is -3.92. The summed E-state index contributed by atoms with van der Waals surface area (Å²) in [6.45, 7) is 12.3. The third-order valence-electron chi connectivity index (χ3n) is 10.1. The number of anilines is 2. The smallest absolute Gasteiger partial charge is 0.322 e. The summed E-state index contributed by atoms with van der Waals surface area (Å²) in [7, 11) is 0. The van der Waals surface area contributed by atoms with Crippen molar-refractivity contribution in [3.05, 3.63) is 59.7 Å². The first kappa shape index (κ1) is 37.9. The predicted molar refractivity (Wildman–Crippen MR) is 197 cm³/mol. The summed E-state index contributed by atoms with van der Waals surface area (Å²) in [5.41, 5.74) is 3.69. The Morgan fingerprint density at radius 3 is 2.14 bits per heavy atom. The summed E-state index contributed by atoms with van der Waals surface area (Å²) < 4.78 is 0. The van der Waals surface area contributed by atoms with E-state index in [1.165, 1.54) is 65.0 Å². The lowest BCUT2D eigenvalue weighted by atomic mass is 10.00. The van der Waals surface area contributed by atoms with Crippen LogP contribution in [0.2, 0.25) is 0 Å². The van der Waals surface area contributed by atoms with Gasteiger partial charge in [0, 0.05) is 43.1 Å². The van der Waals surface area contributed by atoms with Crippen LogP contribution in [-0.2, 0) is 22.6 Å². The Kier molecular flexibility index (Phi) is 14.9. The van der Waals surface area contributed by atoms with Gasteiger partial charge in [-0.3, -0.25) is 9.59 Å². The second-order valence-electron chi connectivity index (χ2n) is 13.7. The lowest BCUT2D eigenvalue weighted by Crippen LogP contribution is -2.52. The van der Waals surface area contributed by atoms with Crippen molar-refractivity contribution in [2.75, 3.05) is 36.8 Å². The number of ketones is 1. The number of carbonyl (C=O) groups excluding carboxylic acids is 4. The Morgan fingerprint density at radius 1 is 0.878 bits per heavy atom. The summed E-state index contributed by atoms with van der Waals surface area (Å²) in [4.78, 5) is 56.4. The van der Waals surface area contributed by atoms with Gasteiger partial charge < -0.3 is 30.7 Å². The van der Waals surface area contributed by atoms with Crippen LogP contribution >= 0.6 is 0 Å². The molecule has 3 N–H and O–H groups in total. The maximum Gasteiger partial charge on any atom is 0.322 e. The molecule has 1 unspecified atom stereocenters. The number of nitrogens with one attached hydrogen (secondary N) is 3. The van der Waals surface area contributed by atoms with Gasteiger partial charge >= 0.3 is 12.1 Å². The van der Waals surface area contributed by atoms with Crippen LogP contribution in [0.1, 0.15) is 103 Å². The number of aryl methyl sites for hydroxylation is 1. The summed E-state index contributed by atoms with van der Waals surface area (Å²) in [6.07, 6.45) is 12.0. The van der Waals surface area contributed by atoms with E-state index in [9.17, 15) is 19.2 Å². The van der Waals surface area contributed by atoms with Crippen LogP contribution in [0.4, 0.5) is 21.0 Å². The van der Waals surface area contributed by atoms with Gasteiger partial charge in [-0.25, -0.2) is 9.59 Å². The maximum atomic E-state index is 12.9.